The quantitative estimate of drug-likeness (QED) is 0.659. The van der Waals surface area contributed by atoms with Crippen LogP contribution in [0.4, 0.5) is 22.4 Å². The molecule has 0 saturated carbocycles. The van der Waals surface area contributed by atoms with Gasteiger partial charge in [0.25, 0.3) is 0 Å². The minimum Gasteiger partial charge on any atom is -0.450 e. The SMILES string of the molecule is O=C(O)O[C@H]1CCCc2nn(Cc3ccc(C(F)(F)F)c(F)c3)c(=O)n21. The molecule has 140 valence electrons. The number of nitrogens with zero attached hydrogens (tertiary/aromatic N) is 3. The molecule has 0 bridgehead atoms. The smallest absolute Gasteiger partial charge is 0.450 e. The second-order valence-corrected chi connectivity index (χ2v) is 5.77. The van der Waals surface area contributed by atoms with Crippen LogP contribution in [0.2, 0.25) is 0 Å². The van der Waals surface area contributed by atoms with Gasteiger partial charge in [0.1, 0.15) is 11.6 Å². The maximum Gasteiger partial charge on any atom is 0.507 e. The Bertz CT molecular complexity index is 903. The van der Waals surface area contributed by atoms with Crippen molar-refractivity contribution in [2.75, 3.05) is 0 Å². The molecular weight excluding hydrogens is 362 g/mol. The highest BCUT2D eigenvalue weighted by Crippen LogP contribution is 2.31. The summed E-state index contributed by atoms with van der Waals surface area (Å²) in [5.41, 5.74) is -1.96. The number of ether oxygens (including phenoxy) is 1. The van der Waals surface area contributed by atoms with Gasteiger partial charge in [0.05, 0.1) is 12.1 Å². The number of halogens is 4. The van der Waals surface area contributed by atoms with Gasteiger partial charge in [0.2, 0.25) is 0 Å². The fraction of sp³-hybridized carbons (Fsp3) is 0.400. The Hall–Kier alpha value is -2.85. The topological polar surface area (TPSA) is 86.3 Å². The molecule has 0 amide bonds. The van der Waals surface area contributed by atoms with E-state index in [9.17, 15) is 27.2 Å². The lowest BCUT2D eigenvalue weighted by atomic mass is 10.1. The maximum atomic E-state index is 13.7. The van der Waals surface area contributed by atoms with Crippen molar-refractivity contribution in [3.63, 3.8) is 0 Å². The summed E-state index contributed by atoms with van der Waals surface area (Å²) in [6.45, 7) is -0.256. The van der Waals surface area contributed by atoms with Gasteiger partial charge in [-0.15, -0.1) is 0 Å². The number of benzene rings is 1. The lowest BCUT2D eigenvalue weighted by Gasteiger charge is -2.21. The van der Waals surface area contributed by atoms with Crippen molar-refractivity contribution in [1.82, 2.24) is 14.3 Å². The standard InChI is InChI=1S/C15H13F4N3O4/c16-10-6-8(4-5-9(10)15(17,18)19)7-21-13(23)22-11(20-21)2-1-3-12(22)26-14(24)25/h4-6,12H,1-3,7H2,(H,24,25)/t12-/m0/s1. The largest absolute Gasteiger partial charge is 0.507 e. The molecule has 2 aromatic rings. The van der Waals surface area contributed by atoms with Gasteiger partial charge in [-0.1, -0.05) is 6.07 Å². The molecule has 1 N–H and O–H groups in total. The molecule has 26 heavy (non-hydrogen) atoms. The number of alkyl halides is 3. The summed E-state index contributed by atoms with van der Waals surface area (Å²) in [6.07, 6.45) is -6.07. The van der Waals surface area contributed by atoms with Gasteiger partial charge >= 0.3 is 18.0 Å². The van der Waals surface area contributed by atoms with Crippen LogP contribution in [0.15, 0.2) is 23.0 Å². The zero-order chi connectivity index (χ0) is 19.1. The van der Waals surface area contributed by atoms with Crippen LogP contribution >= 0.6 is 0 Å². The van der Waals surface area contributed by atoms with Crippen molar-refractivity contribution >= 4 is 6.16 Å². The fourth-order valence-corrected chi connectivity index (χ4v) is 2.88. The van der Waals surface area contributed by atoms with E-state index in [4.69, 9.17) is 5.11 Å². The predicted molar refractivity (Wildman–Crippen MR) is 78.1 cm³/mol. The molecule has 2 heterocycles. The average Bonchev–Trinajstić information content (AvgIpc) is 2.83. The Kier molecular flexibility index (Phi) is 4.46. The first-order valence-corrected chi connectivity index (χ1v) is 7.60. The Morgan fingerprint density at radius 1 is 1.38 bits per heavy atom. The zero-order valence-corrected chi connectivity index (χ0v) is 13.2. The summed E-state index contributed by atoms with van der Waals surface area (Å²) >= 11 is 0. The molecule has 0 spiro atoms. The zero-order valence-electron chi connectivity index (χ0n) is 13.2. The maximum absolute atomic E-state index is 13.7. The Morgan fingerprint density at radius 2 is 2.12 bits per heavy atom. The third kappa shape index (κ3) is 3.41. The van der Waals surface area contributed by atoms with E-state index in [1.165, 1.54) is 0 Å². The van der Waals surface area contributed by atoms with Gasteiger partial charge in [-0.25, -0.2) is 23.2 Å². The van der Waals surface area contributed by atoms with Gasteiger partial charge in [-0.2, -0.15) is 18.3 Å². The van der Waals surface area contributed by atoms with E-state index in [0.717, 1.165) is 15.3 Å². The molecule has 3 rings (SSSR count). The molecule has 0 saturated heterocycles. The third-order valence-corrected chi connectivity index (χ3v) is 3.99. The molecule has 0 aliphatic carbocycles. The van der Waals surface area contributed by atoms with Gasteiger partial charge in [-0.3, -0.25) is 0 Å². The fourth-order valence-electron chi connectivity index (χ4n) is 2.88. The van der Waals surface area contributed by atoms with Gasteiger partial charge in [-0.05, 0) is 24.1 Å². The van der Waals surface area contributed by atoms with Crippen molar-refractivity contribution in [3.8, 4) is 0 Å². The van der Waals surface area contributed by atoms with E-state index in [0.29, 0.717) is 37.2 Å². The molecule has 1 atom stereocenters. The lowest BCUT2D eigenvalue weighted by Crippen LogP contribution is -2.33. The van der Waals surface area contributed by atoms with Crippen LogP contribution in [-0.4, -0.2) is 25.6 Å². The van der Waals surface area contributed by atoms with E-state index in [1.54, 1.807) is 0 Å². The summed E-state index contributed by atoms with van der Waals surface area (Å²) in [5.74, 6) is -1.14. The van der Waals surface area contributed by atoms with Crippen LogP contribution in [0.25, 0.3) is 0 Å². The second-order valence-electron chi connectivity index (χ2n) is 5.77. The summed E-state index contributed by atoms with van der Waals surface area (Å²) in [5, 5.41) is 12.8. The Labute approximate surface area is 143 Å². The molecule has 1 aliphatic rings. The highest BCUT2D eigenvalue weighted by atomic mass is 19.4. The molecule has 0 radical (unpaired) electrons. The second kappa shape index (κ2) is 6.46. The molecular formula is C15H13F4N3O4. The van der Waals surface area contributed by atoms with Crippen LogP contribution < -0.4 is 5.69 Å². The normalized spacial score (nSPS) is 17.0. The first-order valence-electron chi connectivity index (χ1n) is 7.60. The molecule has 1 aromatic carbocycles. The molecule has 0 fully saturated rings. The van der Waals surface area contributed by atoms with Crippen LogP contribution in [0.3, 0.4) is 0 Å². The van der Waals surface area contributed by atoms with E-state index in [-0.39, 0.29) is 12.1 Å². The molecule has 11 heteroatoms. The minimum atomic E-state index is -4.81. The number of hydrogen-bond donors (Lipinski definition) is 1. The summed E-state index contributed by atoms with van der Waals surface area (Å²) in [4.78, 5) is 23.2. The first-order chi connectivity index (χ1) is 12.2. The van der Waals surface area contributed by atoms with Gasteiger partial charge < -0.3 is 9.84 Å². The number of carboxylic acid groups (broad SMARTS) is 1. The number of aromatic nitrogens is 3. The van der Waals surface area contributed by atoms with E-state index < -0.39 is 35.6 Å². The van der Waals surface area contributed by atoms with Crippen LogP contribution in [0.5, 0.6) is 0 Å². The van der Waals surface area contributed by atoms with E-state index in [1.807, 2.05) is 0 Å². The number of fused-ring (bicyclic) bond motifs is 1. The van der Waals surface area contributed by atoms with Crippen molar-refractivity contribution in [2.24, 2.45) is 0 Å². The highest BCUT2D eigenvalue weighted by molar-refractivity contribution is 5.56. The number of hydrogen-bond acceptors (Lipinski definition) is 4. The highest BCUT2D eigenvalue weighted by Gasteiger charge is 2.34. The van der Waals surface area contributed by atoms with Crippen molar-refractivity contribution in [3.05, 3.63) is 51.5 Å². The van der Waals surface area contributed by atoms with E-state index in [2.05, 4.69) is 9.84 Å². The van der Waals surface area contributed by atoms with Crippen molar-refractivity contribution in [1.29, 1.82) is 0 Å². The average molecular weight is 375 g/mol. The minimum absolute atomic E-state index is 0.115. The molecule has 7 nitrogen and oxygen atoms in total. The van der Waals surface area contributed by atoms with Crippen LogP contribution in [0.1, 0.15) is 36.0 Å². The summed E-state index contributed by atoms with van der Waals surface area (Å²) < 4.78 is 58.2. The summed E-state index contributed by atoms with van der Waals surface area (Å²) in [7, 11) is 0. The van der Waals surface area contributed by atoms with Crippen molar-refractivity contribution < 1.29 is 32.2 Å². The van der Waals surface area contributed by atoms with Crippen LogP contribution in [0, 0.1) is 5.82 Å². The van der Waals surface area contributed by atoms with Crippen molar-refractivity contribution in [2.45, 2.75) is 38.2 Å². The van der Waals surface area contributed by atoms with E-state index >= 15 is 0 Å². The number of rotatable bonds is 3. The number of aryl methyl sites for hydroxylation is 1. The molecule has 0 unspecified atom stereocenters. The van der Waals surface area contributed by atoms with Crippen LogP contribution in [-0.2, 0) is 23.9 Å². The Balaban J connectivity index is 1.90. The monoisotopic (exact) mass is 375 g/mol. The Morgan fingerprint density at radius 3 is 2.73 bits per heavy atom. The number of carbonyl (C=O) groups is 1. The predicted octanol–water partition coefficient (Wildman–Crippen LogP) is 2.78. The molecule has 1 aliphatic heterocycles. The van der Waals surface area contributed by atoms with Gasteiger partial charge in [0, 0.05) is 12.8 Å². The molecule has 1 aromatic heterocycles. The van der Waals surface area contributed by atoms with Gasteiger partial charge in [0.15, 0.2) is 6.23 Å². The first kappa shape index (κ1) is 18.0. The third-order valence-electron chi connectivity index (χ3n) is 3.99. The lowest BCUT2D eigenvalue weighted by molar-refractivity contribution is -0.140. The summed E-state index contributed by atoms with van der Waals surface area (Å²) in [6, 6.07) is 2.35.